The van der Waals surface area contributed by atoms with Crippen molar-refractivity contribution in [2.45, 2.75) is 13.3 Å². The summed E-state index contributed by atoms with van der Waals surface area (Å²) in [5.74, 6) is 0. The molecule has 1 aromatic carbocycles. The van der Waals surface area contributed by atoms with Gasteiger partial charge in [-0.1, -0.05) is 18.2 Å². The number of para-hydroxylation sites is 1. The van der Waals surface area contributed by atoms with Crippen molar-refractivity contribution in [2.24, 2.45) is 0 Å². The van der Waals surface area contributed by atoms with Crippen LogP contribution in [0.5, 0.6) is 0 Å². The highest BCUT2D eigenvalue weighted by Crippen LogP contribution is 2.24. The summed E-state index contributed by atoms with van der Waals surface area (Å²) in [7, 11) is 0. The Bertz CT molecular complexity index is 328. The zero-order chi connectivity index (χ0) is 7.84. The van der Waals surface area contributed by atoms with E-state index in [0.29, 0.717) is 0 Å². The number of hydrogen-bond acceptors (Lipinski definition) is 1. The fourth-order valence-corrected chi connectivity index (χ4v) is 1.41. The van der Waals surface area contributed by atoms with Crippen LogP contribution in [-0.4, -0.2) is 10.5 Å². The first-order valence-electron chi connectivity index (χ1n) is 3.66. The minimum absolute atomic E-state index is 0.805. The number of benzene rings is 1. The van der Waals surface area contributed by atoms with E-state index in [0.717, 1.165) is 28.1 Å². The maximum Gasteiger partial charge on any atom is 0.220 e. The molecule has 0 unspecified atom stereocenters. The fraction of sp³-hybridized carbons (Fsp3) is 0.222. The van der Waals surface area contributed by atoms with E-state index in [1.165, 1.54) is 0 Å². The van der Waals surface area contributed by atoms with Gasteiger partial charge in [0.2, 0.25) is 5.69 Å². The molecule has 1 aliphatic rings. The fourth-order valence-electron chi connectivity index (χ4n) is 1.41. The molecule has 0 saturated heterocycles. The van der Waals surface area contributed by atoms with Crippen LogP contribution in [0.2, 0.25) is 0 Å². The Balaban J connectivity index is 2.60. The predicted molar refractivity (Wildman–Crippen MR) is 44.1 cm³/mol. The van der Waals surface area contributed by atoms with Gasteiger partial charge < -0.3 is 5.21 Å². The Hall–Kier alpha value is -1.31. The highest BCUT2D eigenvalue weighted by atomic mass is 16.5. The first kappa shape index (κ1) is 6.40. The van der Waals surface area contributed by atoms with Crippen LogP contribution in [0.25, 0.3) is 0 Å². The molecule has 0 aliphatic carbocycles. The lowest BCUT2D eigenvalue weighted by Crippen LogP contribution is -2.00. The summed E-state index contributed by atoms with van der Waals surface area (Å²) in [5.41, 5.74) is 2.83. The van der Waals surface area contributed by atoms with E-state index in [2.05, 4.69) is 0 Å². The van der Waals surface area contributed by atoms with Crippen LogP contribution in [0.15, 0.2) is 24.3 Å². The summed E-state index contributed by atoms with van der Waals surface area (Å²) in [6, 6.07) is 7.71. The second-order valence-electron chi connectivity index (χ2n) is 2.84. The number of rotatable bonds is 0. The van der Waals surface area contributed by atoms with Crippen molar-refractivity contribution in [3.63, 3.8) is 0 Å². The summed E-state index contributed by atoms with van der Waals surface area (Å²) in [6.07, 6.45) is 0.805. The highest BCUT2D eigenvalue weighted by Gasteiger charge is 2.20. The molecule has 0 atom stereocenters. The van der Waals surface area contributed by atoms with Crippen molar-refractivity contribution in [3.05, 3.63) is 35.0 Å². The third-order valence-electron chi connectivity index (χ3n) is 2.00. The highest BCUT2D eigenvalue weighted by molar-refractivity contribution is 5.84. The molecule has 1 heterocycles. The average molecular weight is 147 g/mol. The summed E-state index contributed by atoms with van der Waals surface area (Å²) in [4.78, 5) is 0. The smallest absolute Gasteiger partial charge is 0.220 e. The summed E-state index contributed by atoms with van der Waals surface area (Å²) >= 11 is 0. The molecule has 0 spiro atoms. The standard InChI is InChI=1S/C9H9NO/c1-7-6-8-4-2-3-5-9(8)10(7)11/h2-5H,6H2,1H3. The van der Waals surface area contributed by atoms with E-state index in [-0.39, 0.29) is 0 Å². The van der Waals surface area contributed by atoms with Gasteiger partial charge in [0.05, 0.1) is 6.42 Å². The largest absolute Gasteiger partial charge is 0.618 e. The van der Waals surface area contributed by atoms with E-state index in [9.17, 15) is 5.21 Å². The monoisotopic (exact) mass is 147 g/mol. The summed E-state index contributed by atoms with van der Waals surface area (Å²) < 4.78 is 1.01. The lowest BCUT2D eigenvalue weighted by molar-refractivity contribution is -0.357. The van der Waals surface area contributed by atoms with Gasteiger partial charge >= 0.3 is 0 Å². The van der Waals surface area contributed by atoms with Crippen LogP contribution in [-0.2, 0) is 6.42 Å². The average Bonchev–Trinajstić information content (AvgIpc) is 2.30. The van der Waals surface area contributed by atoms with Gasteiger partial charge in [-0.25, -0.2) is 0 Å². The molecule has 2 nitrogen and oxygen atoms in total. The van der Waals surface area contributed by atoms with Crippen molar-refractivity contribution >= 4 is 11.4 Å². The minimum atomic E-state index is 0.805. The van der Waals surface area contributed by atoms with E-state index in [1.807, 2.05) is 31.2 Å². The molecule has 1 aliphatic heterocycles. The van der Waals surface area contributed by atoms with Crippen molar-refractivity contribution in [3.8, 4) is 0 Å². The topological polar surface area (TPSA) is 26.1 Å². The molecule has 0 N–H and O–H groups in total. The third kappa shape index (κ3) is 0.827. The molecule has 11 heavy (non-hydrogen) atoms. The van der Waals surface area contributed by atoms with Crippen LogP contribution in [0.1, 0.15) is 12.5 Å². The quantitative estimate of drug-likeness (QED) is 0.406. The maximum atomic E-state index is 11.3. The predicted octanol–water partition coefficient (Wildman–Crippen LogP) is 1.85. The van der Waals surface area contributed by atoms with E-state index < -0.39 is 0 Å². The zero-order valence-corrected chi connectivity index (χ0v) is 6.37. The number of fused-ring (bicyclic) bond motifs is 1. The minimum Gasteiger partial charge on any atom is -0.618 e. The van der Waals surface area contributed by atoms with Gasteiger partial charge in [-0.15, -0.1) is 0 Å². The van der Waals surface area contributed by atoms with Gasteiger partial charge in [-0.05, 0) is 0 Å². The van der Waals surface area contributed by atoms with Crippen molar-refractivity contribution < 1.29 is 4.74 Å². The van der Waals surface area contributed by atoms with Gasteiger partial charge in [0, 0.05) is 18.6 Å². The molecule has 0 saturated carbocycles. The molecule has 2 rings (SSSR count). The van der Waals surface area contributed by atoms with Gasteiger partial charge in [0.15, 0.2) is 5.71 Å². The van der Waals surface area contributed by atoms with Crippen LogP contribution in [0, 0.1) is 5.21 Å². The SMILES string of the molecule is CC1=[N+]([O-])c2ccccc2C1. The lowest BCUT2D eigenvalue weighted by Gasteiger charge is -1.98. The Morgan fingerprint density at radius 2 is 2.09 bits per heavy atom. The molecular weight excluding hydrogens is 138 g/mol. The molecule has 0 fully saturated rings. The molecule has 0 radical (unpaired) electrons. The lowest BCUT2D eigenvalue weighted by atomic mass is 10.1. The molecular formula is C9H9NO. The van der Waals surface area contributed by atoms with Crippen LogP contribution in [0.4, 0.5) is 5.69 Å². The molecule has 0 amide bonds. The van der Waals surface area contributed by atoms with Gasteiger partial charge in [0.25, 0.3) is 0 Å². The zero-order valence-electron chi connectivity index (χ0n) is 6.37. The molecule has 0 bridgehead atoms. The van der Waals surface area contributed by atoms with Crippen molar-refractivity contribution in [1.82, 2.24) is 0 Å². The molecule has 0 aromatic heterocycles. The van der Waals surface area contributed by atoms with E-state index in [4.69, 9.17) is 0 Å². The van der Waals surface area contributed by atoms with Gasteiger partial charge in [-0.2, -0.15) is 4.74 Å². The summed E-state index contributed by atoms with van der Waals surface area (Å²) in [5, 5.41) is 11.3. The van der Waals surface area contributed by atoms with E-state index >= 15 is 0 Å². The molecule has 56 valence electrons. The van der Waals surface area contributed by atoms with E-state index in [1.54, 1.807) is 0 Å². The third-order valence-corrected chi connectivity index (χ3v) is 2.00. The number of nitrogens with zero attached hydrogens (tertiary/aromatic N) is 1. The number of hydrogen-bond donors (Lipinski definition) is 0. The Kier molecular flexibility index (Phi) is 1.22. The summed E-state index contributed by atoms with van der Waals surface area (Å²) in [6.45, 7) is 1.87. The van der Waals surface area contributed by atoms with Gasteiger partial charge in [-0.3, -0.25) is 0 Å². The van der Waals surface area contributed by atoms with Crippen LogP contribution >= 0.6 is 0 Å². The maximum absolute atomic E-state index is 11.3. The second kappa shape index (κ2) is 2.09. The molecule has 1 aromatic rings. The Morgan fingerprint density at radius 1 is 1.36 bits per heavy atom. The Morgan fingerprint density at radius 3 is 2.82 bits per heavy atom. The van der Waals surface area contributed by atoms with Crippen molar-refractivity contribution in [2.75, 3.05) is 0 Å². The Labute approximate surface area is 65.4 Å². The van der Waals surface area contributed by atoms with Crippen LogP contribution < -0.4 is 0 Å². The normalized spacial score (nSPS) is 15.4. The first-order chi connectivity index (χ1) is 5.29. The van der Waals surface area contributed by atoms with Gasteiger partial charge in [0.1, 0.15) is 0 Å². The first-order valence-corrected chi connectivity index (χ1v) is 3.66. The van der Waals surface area contributed by atoms with Crippen LogP contribution in [0.3, 0.4) is 0 Å². The molecule has 2 heteroatoms. The van der Waals surface area contributed by atoms with Crippen molar-refractivity contribution in [1.29, 1.82) is 0 Å². The second-order valence-corrected chi connectivity index (χ2v) is 2.84.